The number of carbonyl (C=O) groups is 2. The van der Waals surface area contributed by atoms with Crippen LogP contribution in [0, 0.1) is 0 Å². The molecule has 0 aromatic carbocycles. The number of carbonyl (C=O) groups excluding carboxylic acids is 2. The zero-order chi connectivity index (χ0) is 16.7. The van der Waals surface area contributed by atoms with E-state index in [0.29, 0.717) is 0 Å². The smallest absolute Gasteiger partial charge is 0.408 e. The summed E-state index contributed by atoms with van der Waals surface area (Å²) in [7, 11) is -2.33. The first-order valence-electron chi connectivity index (χ1n) is 6.36. The molecule has 1 N–H and O–H groups in total. The third-order valence-electron chi connectivity index (χ3n) is 2.11. The summed E-state index contributed by atoms with van der Waals surface area (Å²) in [6, 6.07) is -0.923. The molecular weight excluding hydrogens is 302 g/mol. The molecule has 124 valence electrons. The van der Waals surface area contributed by atoms with Crippen molar-refractivity contribution in [2.24, 2.45) is 0 Å². The van der Waals surface area contributed by atoms with Crippen molar-refractivity contribution in [2.45, 2.75) is 45.3 Å². The molecule has 0 aliphatic carbocycles. The second kappa shape index (κ2) is 8.18. The molecule has 0 aromatic rings. The van der Waals surface area contributed by atoms with Crippen LogP contribution in [-0.2, 0) is 28.6 Å². The fraction of sp³-hybridized carbons (Fsp3) is 0.833. The lowest BCUT2D eigenvalue weighted by atomic mass is 10.1. The number of rotatable bonds is 7. The zero-order valence-corrected chi connectivity index (χ0v) is 13.8. The van der Waals surface area contributed by atoms with Gasteiger partial charge in [-0.2, -0.15) is 8.42 Å². The number of esters is 1. The van der Waals surface area contributed by atoms with Gasteiger partial charge in [-0.15, -0.1) is 0 Å². The van der Waals surface area contributed by atoms with E-state index in [-0.39, 0.29) is 19.4 Å². The minimum Gasteiger partial charge on any atom is -0.467 e. The van der Waals surface area contributed by atoms with Gasteiger partial charge in [0, 0.05) is 0 Å². The molecule has 21 heavy (non-hydrogen) atoms. The van der Waals surface area contributed by atoms with Crippen LogP contribution in [0.25, 0.3) is 0 Å². The quantitative estimate of drug-likeness (QED) is 0.419. The average molecular weight is 325 g/mol. The van der Waals surface area contributed by atoms with Crippen molar-refractivity contribution in [3.63, 3.8) is 0 Å². The predicted octanol–water partition coefficient (Wildman–Crippen LogP) is 0.809. The van der Waals surface area contributed by atoms with E-state index in [0.717, 1.165) is 6.26 Å². The number of alkyl carbamates (subject to hydrolysis) is 1. The minimum absolute atomic E-state index is 0.0810. The summed E-state index contributed by atoms with van der Waals surface area (Å²) in [5.41, 5.74) is -0.690. The van der Waals surface area contributed by atoms with E-state index in [1.807, 2.05) is 0 Å². The predicted molar refractivity (Wildman–Crippen MR) is 75.2 cm³/mol. The molecule has 0 bridgehead atoms. The number of hydrogen-bond donors (Lipinski definition) is 1. The number of hydrogen-bond acceptors (Lipinski definition) is 7. The maximum Gasteiger partial charge on any atom is 0.408 e. The molecule has 1 atom stereocenters. The highest BCUT2D eigenvalue weighted by atomic mass is 32.2. The molecule has 0 aliphatic rings. The highest BCUT2D eigenvalue weighted by molar-refractivity contribution is 7.85. The van der Waals surface area contributed by atoms with Gasteiger partial charge >= 0.3 is 12.1 Å². The van der Waals surface area contributed by atoms with Gasteiger partial charge < -0.3 is 14.8 Å². The van der Waals surface area contributed by atoms with Crippen molar-refractivity contribution in [2.75, 3.05) is 20.0 Å². The van der Waals surface area contributed by atoms with Gasteiger partial charge in [0.25, 0.3) is 10.1 Å². The summed E-state index contributed by atoms with van der Waals surface area (Å²) >= 11 is 0. The fourth-order valence-corrected chi connectivity index (χ4v) is 1.76. The van der Waals surface area contributed by atoms with Crippen molar-refractivity contribution in [3.8, 4) is 0 Å². The van der Waals surface area contributed by atoms with Crippen molar-refractivity contribution in [3.05, 3.63) is 0 Å². The normalized spacial score (nSPS) is 13.4. The van der Waals surface area contributed by atoms with Crippen LogP contribution >= 0.6 is 0 Å². The van der Waals surface area contributed by atoms with Gasteiger partial charge in [-0.05, 0) is 33.6 Å². The number of nitrogens with one attached hydrogen (secondary N) is 1. The molecule has 0 radical (unpaired) electrons. The first-order valence-corrected chi connectivity index (χ1v) is 8.18. The Morgan fingerprint density at radius 2 is 1.81 bits per heavy atom. The summed E-state index contributed by atoms with van der Waals surface area (Å²) in [5, 5.41) is 2.38. The van der Waals surface area contributed by atoms with Crippen LogP contribution in [0.3, 0.4) is 0 Å². The van der Waals surface area contributed by atoms with E-state index < -0.39 is 33.8 Å². The van der Waals surface area contributed by atoms with Crippen molar-refractivity contribution in [1.29, 1.82) is 0 Å². The van der Waals surface area contributed by atoms with Crippen molar-refractivity contribution < 1.29 is 31.7 Å². The largest absolute Gasteiger partial charge is 0.467 e. The van der Waals surface area contributed by atoms with Gasteiger partial charge in [0.2, 0.25) is 0 Å². The topological polar surface area (TPSA) is 108 Å². The Bertz CT molecular complexity index is 453. The Morgan fingerprint density at radius 1 is 1.24 bits per heavy atom. The van der Waals surface area contributed by atoms with E-state index in [1.54, 1.807) is 20.8 Å². The highest BCUT2D eigenvalue weighted by Gasteiger charge is 2.24. The molecule has 1 amide bonds. The molecule has 0 unspecified atom stereocenters. The molecule has 8 nitrogen and oxygen atoms in total. The zero-order valence-electron chi connectivity index (χ0n) is 13.0. The minimum atomic E-state index is -3.52. The maximum absolute atomic E-state index is 11.6. The summed E-state index contributed by atoms with van der Waals surface area (Å²) in [5.74, 6) is -0.639. The van der Waals surface area contributed by atoms with Gasteiger partial charge in [0.05, 0.1) is 20.0 Å². The lowest BCUT2D eigenvalue weighted by molar-refractivity contribution is -0.143. The van der Waals surface area contributed by atoms with E-state index in [2.05, 4.69) is 14.2 Å². The molecule has 0 spiro atoms. The van der Waals surface area contributed by atoms with E-state index >= 15 is 0 Å². The Kier molecular flexibility index (Phi) is 7.65. The van der Waals surface area contributed by atoms with Crippen LogP contribution < -0.4 is 5.32 Å². The first kappa shape index (κ1) is 19.7. The third-order valence-corrected chi connectivity index (χ3v) is 2.71. The number of amides is 1. The molecule has 0 aliphatic heterocycles. The molecule has 9 heteroatoms. The lowest BCUT2D eigenvalue weighted by Gasteiger charge is -2.22. The van der Waals surface area contributed by atoms with Gasteiger partial charge in [-0.25, -0.2) is 9.59 Å². The second-order valence-corrected chi connectivity index (χ2v) is 7.03. The summed E-state index contributed by atoms with van der Waals surface area (Å²) in [6.45, 7) is 5.00. The van der Waals surface area contributed by atoms with E-state index in [9.17, 15) is 18.0 Å². The van der Waals surface area contributed by atoms with Crippen LogP contribution in [0.5, 0.6) is 0 Å². The Morgan fingerprint density at radius 3 is 2.24 bits per heavy atom. The molecule has 0 fully saturated rings. The molecule has 0 rings (SSSR count). The average Bonchev–Trinajstić information content (AvgIpc) is 2.28. The van der Waals surface area contributed by atoms with Gasteiger partial charge in [0.1, 0.15) is 11.6 Å². The van der Waals surface area contributed by atoms with E-state index in [4.69, 9.17) is 4.74 Å². The number of ether oxygens (including phenoxy) is 2. The van der Waals surface area contributed by atoms with Crippen LogP contribution in [0.4, 0.5) is 4.79 Å². The standard InChI is InChI=1S/C12H23NO7S/c1-12(2,3)20-11(15)13-9(10(14)18-4)7-6-8-19-21(5,16)17/h9H,6-8H2,1-5H3,(H,13,15)/t9-/m0/s1. The van der Waals surface area contributed by atoms with Crippen molar-refractivity contribution >= 4 is 22.2 Å². The van der Waals surface area contributed by atoms with Gasteiger partial charge in [-0.3, -0.25) is 4.18 Å². The molecule has 0 aromatic heterocycles. The summed E-state index contributed by atoms with van der Waals surface area (Å²) in [6.07, 6.45) is 0.607. The lowest BCUT2D eigenvalue weighted by Crippen LogP contribution is -2.44. The molecule has 0 saturated carbocycles. The van der Waals surface area contributed by atoms with Crippen LogP contribution in [0.2, 0.25) is 0 Å². The van der Waals surface area contributed by atoms with Crippen LogP contribution in [0.1, 0.15) is 33.6 Å². The summed E-state index contributed by atoms with van der Waals surface area (Å²) in [4.78, 5) is 23.2. The van der Waals surface area contributed by atoms with Gasteiger partial charge in [-0.1, -0.05) is 0 Å². The maximum atomic E-state index is 11.6. The Hall–Kier alpha value is -1.35. The third kappa shape index (κ3) is 11.0. The summed E-state index contributed by atoms with van der Waals surface area (Å²) < 4.78 is 35.8. The monoisotopic (exact) mass is 325 g/mol. The molecule has 0 heterocycles. The van der Waals surface area contributed by atoms with Crippen LogP contribution in [0.15, 0.2) is 0 Å². The second-order valence-electron chi connectivity index (χ2n) is 5.39. The number of methoxy groups -OCH3 is 1. The Balaban J connectivity index is 4.40. The highest BCUT2D eigenvalue weighted by Crippen LogP contribution is 2.08. The SMILES string of the molecule is COC(=O)[C@H](CCCOS(C)(=O)=O)NC(=O)OC(C)(C)C. The van der Waals surface area contributed by atoms with E-state index in [1.165, 1.54) is 7.11 Å². The van der Waals surface area contributed by atoms with Gasteiger partial charge in [0.15, 0.2) is 0 Å². The van der Waals surface area contributed by atoms with Crippen LogP contribution in [-0.4, -0.2) is 52.1 Å². The molecular formula is C12H23NO7S. The van der Waals surface area contributed by atoms with Crippen molar-refractivity contribution in [1.82, 2.24) is 5.32 Å². The first-order chi connectivity index (χ1) is 9.44. The fourth-order valence-electron chi connectivity index (χ4n) is 1.34. The Labute approximate surface area is 125 Å². The molecule has 0 saturated heterocycles.